The van der Waals surface area contributed by atoms with Gasteiger partial charge in [0.05, 0.1) is 0 Å². The van der Waals surface area contributed by atoms with Crippen LogP contribution in [0.4, 0.5) is 0 Å². The standard InChI is InChI=1S/C17H27N3O2/c1-13(2)16(19-10-7-14(3)8-11-19)12-18-17(21)15-6-4-5-9-20(15)22/h4-6,9,13-14,16H,7-8,10-12H2,1-3H3,(H,18,21). The van der Waals surface area contributed by atoms with Gasteiger partial charge in [-0.25, -0.2) is 0 Å². The molecule has 2 heterocycles. The number of carbonyl (C=O) groups is 1. The number of likely N-dealkylation sites (tertiary alicyclic amines) is 1. The van der Waals surface area contributed by atoms with Crippen LogP contribution in [0.25, 0.3) is 0 Å². The maximum absolute atomic E-state index is 12.2. The summed E-state index contributed by atoms with van der Waals surface area (Å²) in [6, 6.07) is 5.19. The Kier molecular flexibility index (Phi) is 5.77. The molecular weight excluding hydrogens is 278 g/mol. The Morgan fingerprint density at radius 3 is 2.68 bits per heavy atom. The molecule has 1 aromatic rings. The van der Waals surface area contributed by atoms with Crippen LogP contribution in [0.3, 0.4) is 0 Å². The summed E-state index contributed by atoms with van der Waals surface area (Å²) in [7, 11) is 0. The summed E-state index contributed by atoms with van der Waals surface area (Å²) in [6.07, 6.45) is 3.79. The first-order valence-corrected chi connectivity index (χ1v) is 8.19. The molecule has 1 unspecified atom stereocenters. The van der Waals surface area contributed by atoms with Gasteiger partial charge >= 0.3 is 5.91 Å². The van der Waals surface area contributed by atoms with E-state index in [-0.39, 0.29) is 11.6 Å². The van der Waals surface area contributed by atoms with Gasteiger partial charge in [0, 0.05) is 24.7 Å². The van der Waals surface area contributed by atoms with Crippen molar-refractivity contribution in [3.63, 3.8) is 0 Å². The van der Waals surface area contributed by atoms with Gasteiger partial charge in [-0.15, -0.1) is 0 Å². The van der Waals surface area contributed by atoms with E-state index in [1.807, 2.05) is 0 Å². The van der Waals surface area contributed by atoms with E-state index in [2.05, 4.69) is 31.0 Å². The van der Waals surface area contributed by atoms with Crippen molar-refractivity contribution in [3.8, 4) is 0 Å². The van der Waals surface area contributed by atoms with Gasteiger partial charge in [0.2, 0.25) is 0 Å². The van der Waals surface area contributed by atoms with E-state index in [9.17, 15) is 10.0 Å². The van der Waals surface area contributed by atoms with Gasteiger partial charge in [0.1, 0.15) is 0 Å². The third-order valence-corrected chi connectivity index (χ3v) is 4.59. The van der Waals surface area contributed by atoms with Crippen molar-refractivity contribution in [2.24, 2.45) is 11.8 Å². The number of amides is 1. The van der Waals surface area contributed by atoms with E-state index in [0.717, 1.165) is 19.0 Å². The van der Waals surface area contributed by atoms with Gasteiger partial charge in [-0.3, -0.25) is 9.69 Å². The zero-order chi connectivity index (χ0) is 16.1. The second-order valence-corrected chi connectivity index (χ2v) is 6.65. The van der Waals surface area contributed by atoms with Gasteiger partial charge < -0.3 is 10.5 Å². The smallest absolute Gasteiger partial charge is 0.317 e. The molecule has 0 radical (unpaired) electrons. The Bertz CT molecular complexity index is 496. The van der Waals surface area contributed by atoms with Crippen LogP contribution >= 0.6 is 0 Å². The third kappa shape index (κ3) is 4.19. The summed E-state index contributed by atoms with van der Waals surface area (Å²) in [5.41, 5.74) is 0.150. The molecule has 1 saturated heterocycles. The highest BCUT2D eigenvalue weighted by Gasteiger charge is 2.26. The van der Waals surface area contributed by atoms with Crippen LogP contribution in [-0.4, -0.2) is 36.5 Å². The van der Waals surface area contributed by atoms with Crippen molar-refractivity contribution in [1.82, 2.24) is 10.2 Å². The summed E-state index contributed by atoms with van der Waals surface area (Å²) in [4.78, 5) is 14.7. The lowest BCUT2D eigenvalue weighted by molar-refractivity contribution is -0.607. The summed E-state index contributed by atoms with van der Waals surface area (Å²) in [6.45, 7) is 9.43. The number of hydrogen-bond donors (Lipinski definition) is 1. The maximum Gasteiger partial charge on any atom is 0.317 e. The molecule has 0 aromatic carbocycles. The molecule has 1 fully saturated rings. The van der Waals surface area contributed by atoms with Crippen LogP contribution in [0.1, 0.15) is 44.1 Å². The van der Waals surface area contributed by atoms with Crippen molar-refractivity contribution in [3.05, 3.63) is 35.3 Å². The van der Waals surface area contributed by atoms with Crippen molar-refractivity contribution >= 4 is 5.91 Å². The Morgan fingerprint density at radius 2 is 2.09 bits per heavy atom. The van der Waals surface area contributed by atoms with Crippen molar-refractivity contribution in [2.75, 3.05) is 19.6 Å². The van der Waals surface area contributed by atoms with E-state index in [4.69, 9.17) is 0 Å². The molecule has 0 saturated carbocycles. The largest absolute Gasteiger partial charge is 0.618 e. The molecule has 122 valence electrons. The van der Waals surface area contributed by atoms with Crippen LogP contribution in [-0.2, 0) is 0 Å². The van der Waals surface area contributed by atoms with E-state index < -0.39 is 0 Å². The van der Waals surface area contributed by atoms with Crippen LogP contribution in [0.15, 0.2) is 24.4 Å². The van der Waals surface area contributed by atoms with Crippen molar-refractivity contribution in [1.29, 1.82) is 0 Å². The molecular formula is C17H27N3O2. The number of hydrogen-bond acceptors (Lipinski definition) is 3. The number of carbonyl (C=O) groups excluding carboxylic acids is 1. The molecule has 1 amide bonds. The highest BCUT2D eigenvalue weighted by Crippen LogP contribution is 2.21. The van der Waals surface area contributed by atoms with Gasteiger partial charge in [-0.05, 0) is 43.8 Å². The summed E-state index contributed by atoms with van der Waals surface area (Å²) in [5, 5.41) is 14.6. The van der Waals surface area contributed by atoms with Gasteiger partial charge in [0.25, 0.3) is 5.69 Å². The quantitative estimate of drug-likeness (QED) is 0.666. The molecule has 5 nitrogen and oxygen atoms in total. The van der Waals surface area contributed by atoms with E-state index in [1.54, 1.807) is 18.2 Å². The number of nitrogens with zero attached hydrogens (tertiary/aromatic N) is 2. The van der Waals surface area contributed by atoms with Crippen molar-refractivity contribution < 1.29 is 9.52 Å². The fourth-order valence-electron chi connectivity index (χ4n) is 3.04. The minimum Gasteiger partial charge on any atom is -0.618 e. The zero-order valence-electron chi connectivity index (χ0n) is 13.8. The first kappa shape index (κ1) is 16.7. The average Bonchev–Trinajstić information content (AvgIpc) is 2.49. The molecule has 2 rings (SSSR count). The predicted octanol–water partition coefficient (Wildman–Crippen LogP) is 1.81. The summed E-state index contributed by atoms with van der Waals surface area (Å²) < 4.78 is 0.613. The first-order valence-electron chi connectivity index (χ1n) is 8.19. The Morgan fingerprint density at radius 1 is 1.41 bits per heavy atom. The lowest BCUT2D eigenvalue weighted by Crippen LogP contribution is -2.50. The van der Waals surface area contributed by atoms with Gasteiger partial charge in [0.15, 0.2) is 6.20 Å². The average molecular weight is 305 g/mol. The molecule has 1 N–H and O–H groups in total. The highest BCUT2D eigenvalue weighted by molar-refractivity contribution is 5.90. The molecule has 1 atom stereocenters. The molecule has 0 bridgehead atoms. The number of nitrogens with one attached hydrogen (secondary N) is 1. The molecule has 1 aliphatic heterocycles. The predicted molar refractivity (Wildman–Crippen MR) is 86.3 cm³/mol. The lowest BCUT2D eigenvalue weighted by atomic mass is 9.94. The Balaban J connectivity index is 1.94. The summed E-state index contributed by atoms with van der Waals surface area (Å²) in [5.74, 6) is 0.956. The fourth-order valence-corrected chi connectivity index (χ4v) is 3.04. The van der Waals surface area contributed by atoms with Crippen molar-refractivity contribution in [2.45, 2.75) is 39.7 Å². The van der Waals surface area contributed by atoms with E-state index >= 15 is 0 Å². The number of pyridine rings is 1. The highest BCUT2D eigenvalue weighted by atomic mass is 16.5. The van der Waals surface area contributed by atoms with Crippen LogP contribution in [0, 0.1) is 17.0 Å². The number of rotatable bonds is 5. The molecule has 22 heavy (non-hydrogen) atoms. The third-order valence-electron chi connectivity index (χ3n) is 4.59. The minimum absolute atomic E-state index is 0.150. The number of aromatic nitrogens is 1. The molecule has 0 spiro atoms. The lowest BCUT2D eigenvalue weighted by Gasteiger charge is -2.38. The molecule has 5 heteroatoms. The van der Waals surface area contributed by atoms with E-state index in [0.29, 0.717) is 23.2 Å². The molecule has 1 aromatic heterocycles. The Labute approximate surface area is 132 Å². The normalized spacial score (nSPS) is 18.4. The fraction of sp³-hybridized carbons (Fsp3) is 0.647. The summed E-state index contributed by atoms with van der Waals surface area (Å²) >= 11 is 0. The SMILES string of the molecule is CC1CCN(C(CNC(=O)c2cccc[n+]2[O-])C(C)C)CC1. The minimum atomic E-state index is -0.299. The van der Waals surface area contributed by atoms with Crippen LogP contribution in [0.2, 0.25) is 0 Å². The first-order chi connectivity index (χ1) is 10.5. The topological polar surface area (TPSA) is 59.3 Å². The molecule has 0 aliphatic carbocycles. The van der Waals surface area contributed by atoms with Gasteiger partial charge in [-0.2, -0.15) is 4.73 Å². The second kappa shape index (κ2) is 7.58. The monoisotopic (exact) mass is 305 g/mol. The van der Waals surface area contributed by atoms with E-state index in [1.165, 1.54) is 19.0 Å². The number of piperidine rings is 1. The van der Waals surface area contributed by atoms with Gasteiger partial charge in [-0.1, -0.05) is 20.8 Å². The molecule has 1 aliphatic rings. The van der Waals surface area contributed by atoms with Crippen LogP contribution < -0.4 is 10.0 Å². The zero-order valence-corrected chi connectivity index (χ0v) is 13.8. The van der Waals surface area contributed by atoms with Crippen LogP contribution in [0.5, 0.6) is 0 Å². The Hall–Kier alpha value is -1.62. The second-order valence-electron chi connectivity index (χ2n) is 6.65. The maximum atomic E-state index is 12.2.